The molecule has 136 valence electrons. The van der Waals surface area contributed by atoms with E-state index >= 15 is 0 Å². The first-order chi connectivity index (χ1) is 12.4. The van der Waals surface area contributed by atoms with Gasteiger partial charge in [0.15, 0.2) is 17.3 Å². The van der Waals surface area contributed by atoms with Crippen molar-refractivity contribution in [1.29, 1.82) is 0 Å². The summed E-state index contributed by atoms with van der Waals surface area (Å²) in [5.41, 5.74) is 2.56. The van der Waals surface area contributed by atoms with Gasteiger partial charge in [0, 0.05) is 5.56 Å². The average molecular weight is 354 g/mol. The molecule has 0 fully saturated rings. The Labute approximate surface area is 153 Å². The largest absolute Gasteiger partial charge is 0.508 e. The van der Waals surface area contributed by atoms with Gasteiger partial charge in [-0.05, 0) is 60.5 Å². The van der Waals surface area contributed by atoms with Crippen LogP contribution in [-0.2, 0) is 0 Å². The summed E-state index contributed by atoms with van der Waals surface area (Å²) in [6, 6.07) is 9.62. The lowest BCUT2D eigenvalue weighted by Gasteiger charge is -2.16. The molecule has 2 aromatic rings. The summed E-state index contributed by atoms with van der Waals surface area (Å²) in [6.07, 6.45) is 1.51. The van der Waals surface area contributed by atoms with Crippen molar-refractivity contribution in [2.75, 3.05) is 21.3 Å². The lowest BCUT2D eigenvalue weighted by atomic mass is 9.96. The maximum absolute atomic E-state index is 12.6. The second kappa shape index (κ2) is 8.25. The van der Waals surface area contributed by atoms with Gasteiger partial charge in [-0.25, -0.2) is 0 Å². The van der Waals surface area contributed by atoms with Crippen LogP contribution in [0.15, 0.2) is 54.6 Å². The Balaban J connectivity index is 2.55. The van der Waals surface area contributed by atoms with Crippen LogP contribution in [0.4, 0.5) is 0 Å². The van der Waals surface area contributed by atoms with Crippen molar-refractivity contribution in [1.82, 2.24) is 0 Å². The number of phenolic OH excluding ortho intramolecular Hbond substituents is 1. The minimum absolute atomic E-state index is 0.107. The number of hydrogen-bond donors (Lipinski definition) is 1. The smallest absolute Gasteiger partial charge is 0.203 e. The molecule has 5 nitrogen and oxygen atoms in total. The molecular formula is C21H22O5. The predicted molar refractivity (Wildman–Crippen MR) is 101 cm³/mol. The molecule has 0 aromatic heterocycles. The number of carbonyl (C=O) groups excluding carboxylic acids is 1. The zero-order valence-electron chi connectivity index (χ0n) is 15.3. The van der Waals surface area contributed by atoms with Gasteiger partial charge in [0.25, 0.3) is 0 Å². The van der Waals surface area contributed by atoms with E-state index in [4.69, 9.17) is 14.2 Å². The highest BCUT2D eigenvalue weighted by Gasteiger charge is 2.16. The third-order valence-electron chi connectivity index (χ3n) is 3.86. The van der Waals surface area contributed by atoms with Crippen molar-refractivity contribution in [3.63, 3.8) is 0 Å². The van der Waals surface area contributed by atoms with E-state index in [-0.39, 0.29) is 11.5 Å². The van der Waals surface area contributed by atoms with Crippen molar-refractivity contribution < 1.29 is 24.1 Å². The molecule has 26 heavy (non-hydrogen) atoms. The van der Waals surface area contributed by atoms with Crippen LogP contribution in [0.1, 0.15) is 22.8 Å². The number of aromatic hydroxyl groups is 1. The molecule has 0 amide bonds. The molecule has 0 atom stereocenters. The highest BCUT2D eigenvalue weighted by molar-refractivity contribution is 6.10. The minimum Gasteiger partial charge on any atom is -0.508 e. The van der Waals surface area contributed by atoms with Gasteiger partial charge >= 0.3 is 0 Å². The fraction of sp³-hybridized carbons (Fsp3) is 0.190. The van der Waals surface area contributed by atoms with E-state index in [0.29, 0.717) is 34.0 Å². The zero-order chi connectivity index (χ0) is 19.3. The molecule has 0 aliphatic carbocycles. The molecule has 0 saturated carbocycles. The summed E-state index contributed by atoms with van der Waals surface area (Å²) in [5.74, 6) is 1.37. The van der Waals surface area contributed by atoms with E-state index < -0.39 is 0 Å². The van der Waals surface area contributed by atoms with Gasteiger partial charge in [-0.3, -0.25) is 4.79 Å². The summed E-state index contributed by atoms with van der Waals surface area (Å²) in [7, 11) is 4.60. The van der Waals surface area contributed by atoms with E-state index in [0.717, 1.165) is 5.56 Å². The first-order valence-corrected chi connectivity index (χ1v) is 7.92. The molecular weight excluding hydrogens is 332 g/mol. The summed E-state index contributed by atoms with van der Waals surface area (Å²) in [4.78, 5) is 12.6. The molecule has 0 bridgehead atoms. The SMILES string of the molecule is C=C(C)C(=CC(=O)c1ccc(O)cc1)c1cc(OC)c(OC)c(OC)c1. The average Bonchev–Trinajstić information content (AvgIpc) is 2.64. The minimum atomic E-state index is -0.197. The van der Waals surface area contributed by atoms with Crippen molar-refractivity contribution in [3.8, 4) is 23.0 Å². The third-order valence-corrected chi connectivity index (χ3v) is 3.86. The Kier molecular flexibility index (Phi) is 6.07. The number of hydrogen-bond acceptors (Lipinski definition) is 5. The number of benzene rings is 2. The maximum Gasteiger partial charge on any atom is 0.203 e. The number of phenols is 1. The molecule has 2 rings (SSSR count). The summed E-state index contributed by atoms with van der Waals surface area (Å²) < 4.78 is 16.1. The van der Waals surface area contributed by atoms with E-state index in [1.807, 2.05) is 6.92 Å². The first kappa shape index (κ1) is 19.1. The van der Waals surface area contributed by atoms with Crippen LogP contribution < -0.4 is 14.2 Å². The van der Waals surface area contributed by atoms with E-state index in [9.17, 15) is 9.90 Å². The number of rotatable bonds is 7. The Hall–Kier alpha value is -3.21. The summed E-state index contributed by atoms with van der Waals surface area (Å²) in [5, 5.41) is 9.37. The lowest BCUT2D eigenvalue weighted by molar-refractivity contribution is 0.104. The van der Waals surface area contributed by atoms with Crippen molar-refractivity contribution in [2.45, 2.75) is 6.92 Å². The van der Waals surface area contributed by atoms with Crippen LogP contribution >= 0.6 is 0 Å². The third kappa shape index (κ3) is 4.06. The number of ether oxygens (including phenoxy) is 3. The fourth-order valence-electron chi connectivity index (χ4n) is 2.53. The van der Waals surface area contributed by atoms with Crippen LogP contribution in [0.5, 0.6) is 23.0 Å². The standard InChI is InChI=1S/C21H22O5/c1-13(2)17(12-18(23)14-6-8-16(22)9-7-14)15-10-19(24-3)21(26-5)20(11-15)25-4/h6-12,22H,1H2,2-5H3. The molecule has 0 aliphatic heterocycles. The van der Waals surface area contributed by atoms with Crippen LogP contribution in [0, 0.1) is 0 Å². The van der Waals surface area contributed by atoms with E-state index in [1.165, 1.54) is 39.5 Å². The second-order valence-corrected chi connectivity index (χ2v) is 5.66. The van der Waals surface area contributed by atoms with Crippen LogP contribution in [0.3, 0.4) is 0 Å². The predicted octanol–water partition coefficient (Wildman–Crippen LogP) is 4.26. The molecule has 0 aliphatic rings. The Morgan fingerprint density at radius 3 is 1.92 bits per heavy atom. The van der Waals surface area contributed by atoms with Crippen molar-refractivity contribution >= 4 is 11.4 Å². The molecule has 0 heterocycles. The van der Waals surface area contributed by atoms with Crippen LogP contribution in [-0.4, -0.2) is 32.2 Å². The Bertz CT molecular complexity index is 822. The summed E-state index contributed by atoms with van der Waals surface area (Å²) >= 11 is 0. The van der Waals surface area contributed by atoms with Crippen molar-refractivity contribution in [2.24, 2.45) is 0 Å². The maximum atomic E-state index is 12.6. The normalized spacial score (nSPS) is 11.0. The van der Waals surface area contributed by atoms with E-state index in [1.54, 1.807) is 24.3 Å². The zero-order valence-corrected chi connectivity index (χ0v) is 15.3. The Morgan fingerprint density at radius 1 is 0.962 bits per heavy atom. The molecule has 5 heteroatoms. The second-order valence-electron chi connectivity index (χ2n) is 5.66. The number of carbonyl (C=O) groups is 1. The van der Waals surface area contributed by atoms with Crippen molar-refractivity contribution in [3.05, 3.63) is 65.8 Å². The monoisotopic (exact) mass is 354 g/mol. The molecule has 0 radical (unpaired) electrons. The number of methoxy groups -OCH3 is 3. The van der Waals surface area contributed by atoms with Gasteiger partial charge in [0.2, 0.25) is 5.75 Å². The highest BCUT2D eigenvalue weighted by Crippen LogP contribution is 2.41. The van der Waals surface area contributed by atoms with Gasteiger partial charge in [0.1, 0.15) is 5.75 Å². The topological polar surface area (TPSA) is 65.0 Å². The first-order valence-electron chi connectivity index (χ1n) is 7.92. The molecule has 0 saturated heterocycles. The lowest BCUT2D eigenvalue weighted by Crippen LogP contribution is -2.00. The molecule has 0 spiro atoms. The van der Waals surface area contributed by atoms with Crippen LogP contribution in [0.25, 0.3) is 5.57 Å². The molecule has 2 aromatic carbocycles. The molecule has 1 N–H and O–H groups in total. The quantitative estimate of drug-likeness (QED) is 0.457. The van der Waals surface area contributed by atoms with E-state index in [2.05, 4.69) is 6.58 Å². The van der Waals surface area contributed by atoms with Gasteiger partial charge in [-0.1, -0.05) is 12.2 Å². The highest BCUT2D eigenvalue weighted by atomic mass is 16.5. The van der Waals surface area contributed by atoms with Crippen LogP contribution in [0.2, 0.25) is 0 Å². The summed E-state index contributed by atoms with van der Waals surface area (Å²) in [6.45, 7) is 5.79. The Morgan fingerprint density at radius 2 is 1.50 bits per heavy atom. The number of allylic oxidation sites excluding steroid dienone is 3. The van der Waals surface area contributed by atoms with Gasteiger partial charge in [-0.15, -0.1) is 0 Å². The van der Waals surface area contributed by atoms with Gasteiger partial charge in [-0.2, -0.15) is 0 Å². The number of ketones is 1. The fourth-order valence-corrected chi connectivity index (χ4v) is 2.53. The van der Waals surface area contributed by atoms with Gasteiger partial charge < -0.3 is 19.3 Å². The van der Waals surface area contributed by atoms with Gasteiger partial charge in [0.05, 0.1) is 21.3 Å². The molecule has 0 unspecified atom stereocenters.